The summed E-state index contributed by atoms with van der Waals surface area (Å²) in [5, 5.41) is 9.18. The average Bonchev–Trinajstić information content (AvgIpc) is 2.29. The van der Waals surface area contributed by atoms with E-state index in [-0.39, 0.29) is 6.61 Å². The summed E-state index contributed by atoms with van der Waals surface area (Å²) in [5.41, 5.74) is -1.22. The number of rotatable bonds is 4. The number of carboxylic acid groups (broad SMARTS) is 1. The van der Waals surface area contributed by atoms with E-state index >= 15 is 0 Å². The van der Waals surface area contributed by atoms with Crippen LogP contribution in [0.25, 0.3) is 0 Å². The van der Waals surface area contributed by atoms with Crippen LogP contribution in [-0.4, -0.2) is 23.7 Å². The van der Waals surface area contributed by atoms with E-state index in [1.54, 1.807) is 37.3 Å². The molecule has 1 aromatic carbocycles. The third kappa shape index (κ3) is 2.05. The van der Waals surface area contributed by atoms with E-state index in [4.69, 9.17) is 4.74 Å². The Hall–Kier alpha value is -1.84. The van der Waals surface area contributed by atoms with Crippen molar-refractivity contribution in [3.63, 3.8) is 0 Å². The summed E-state index contributed by atoms with van der Waals surface area (Å²) < 4.78 is 4.80. The summed E-state index contributed by atoms with van der Waals surface area (Å²) in [4.78, 5) is 22.9. The number of benzene rings is 1. The van der Waals surface area contributed by atoms with Gasteiger partial charge in [0, 0.05) is 0 Å². The SMILES string of the molecule is CCOC(=O)C(C)(C(=O)O)c1ccccc1. The van der Waals surface area contributed by atoms with Gasteiger partial charge in [-0.3, -0.25) is 9.59 Å². The smallest absolute Gasteiger partial charge is 0.327 e. The van der Waals surface area contributed by atoms with E-state index in [1.807, 2.05) is 0 Å². The second-order valence-electron chi connectivity index (χ2n) is 3.52. The fourth-order valence-electron chi connectivity index (χ4n) is 1.38. The normalized spacial score (nSPS) is 13.9. The van der Waals surface area contributed by atoms with Gasteiger partial charge in [0.25, 0.3) is 0 Å². The molecule has 0 saturated heterocycles. The van der Waals surface area contributed by atoms with Gasteiger partial charge in [-0.05, 0) is 19.4 Å². The molecule has 0 aliphatic heterocycles. The Morgan fingerprint density at radius 1 is 1.31 bits per heavy atom. The topological polar surface area (TPSA) is 63.6 Å². The number of aliphatic carboxylic acids is 1. The van der Waals surface area contributed by atoms with Crippen molar-refractivity contribution in [2.75, 3.05) is 6.61 Å². The van der Waals surface area contributed by atoms with Crippen molar-refractivity contribution in [3.8, 4) is 0 Å². The van der Waals surface area contributed by atoms with E-state index in [1.165, 1.54) is 6.92 Å². The molecule has 0 spiro atoms. The van der Waals surface area contributed by atoms with E-state index < -0.39 is 17.4 Å². The van der Waals surface area contributed by atoms with E-state index in [9.17, 15) is 14.7 Å². The lowest BCUT2D eigenvalue weighted by Gasteiger charge is -2.22. The first-order valence-electron chi connectivity index (χ1n) is 4.99. The standard InChI is InChI=1S/C12H14O4/c1-3-16-11(15)12(2,10(13)14)9-7-5-4-6-8-9/h4-8H,3H2,1-2H3,(H,13,14). The number of esters is 1. The molecule has 1 N–H and O–H groups in total. The van der Waals surface area contributed by atoms with Crippen LogP contribution in [0.5, 0.6) is 0 Å². The van der Waals surface area contributed by atoms with Crippen LogP contribution in [0.3, 0.4) is 0 Å². The van der Waals surface area contributed by atoms with Gasteiger partial charge in [-0.2, -0.15) is 0 Å². The van der Waals surface area contributed by atoms with Crippen molar-refractivity contribution in [1.29, 1.82) is 0 Å². The maximum Gasteiger partial charge on any atom is 0.327 e. The number of carbonyl (C=O) groups excluding carboxylic acids is 1. The van der Waals surface area contributed by atoms with Crippen LogP contribution in [-0.2, 0) is 19.7 Å². The quantitative estimate of drug-likeness (QED) is 0.620. The van der Waals surface area contributed by atoms with Gasteiger partial charge < -0.3 is 9.84 Å². The van der Waals surface area contributed by atoms with Crippen LogP contribution in [0.2, 0.25) is 0 Å². The zero-order chi connectivity index (χ0) is 12.2. The third-order valence-corrected chi connectivity index (χ3v) is 2.46. The number of hydrogen-bond acceptors (Lipinski definition) is 3. The fraction of sp³-hybridized carbons (Fsp3) is 0.333. The van der Waals surface area contributed by atoms with Gasteiger partial charge in [0.1, 0.15) is 0 Å². The Bertz CT molecular complexity index is 385. The molecule has 1 rings (SSSR count). The Labute approximate surface area is 93.9 Å². The molecule has 0 bridgehead atoms. The average molecular weight is 222 g/mol. The highest BCUT2D eigenvalue weighted by molar-refractivity contribution is 6.05. The first-order valence-corrected chi connectivity index (χ1v) is 4.99. The second kappa shape index (κ2) is 4.79. The summed E-state index contributed by atoms with van der Waals surface area (Å²) in [6.07, 6.45) is 0. The summed E-state index contributed by atoms with van der Waals surface area (Å²) in [5.74, 6) is -1.95. The van der Waals surface area contributed by atoms with E-state index in [0.717, 1.165) is 0 Å². The van der Waals surface area contributed by atoms with Gasteiger partial charge in [-0.25, -0.2) is 0 Å². The molecule has 0 radical (unpaired) electrons. The Kier molecular flexibility index (Phi) is 3.66. The maximum atomic E-state index is 11.7. The van der Waals surface area contributed by atoms with Crippen LogP contribution in [0.15, 0.2) is 30.3 Å². The van der Waals surface area contributed by atoms with Crippen molar-refractivity contribution in [2.24, 2.45) is 0 Å². The molecule has 0 aliphatic rings. The van der Waals surface area contributed by atoms with Crippen molar-refractivity contribution >= 4 is 11.9 Å². The third-order valence-electron chi connectivity index (χ3n) is 2.46. The van der Waals surface area contributed by atoms with Gasteiger partial charge >= 0.3 is 11.9 Å². The number of ether oxygens (including phenoxy) is 1. The molecule has 4 heteroatoms. The lowest BCUT2D eigenvalue weighted by molar-refractivity contribution is -0.160. The molecule has 0 amide bonds. The minimum absolute atomic E-state index is 0.161. The molecule has 0 aromatic heterocycles. The molecule has 0 aliphatic carbocycles. The Balaban J connectivity index is 3.17. The molecule has 16 heavy (non-hydrogen) atoms. The van der Waals surface area contributed by atoms with Gasteiger partial charge in [0.15, 0.2) is 5.41 Å². The fourth-order valence-corrected chi connectivity index (χ4v) is 1.38. The molecule has 0 saturated carbocycles. The second-order valence-corrected chi connectivity index (χ2v) is 3.52. The zero-order valence-electron chi connectivity index (χ0n) is 9.27. The lowest BCUT2D eigenvalue weighted by atomic mass is 9.82. The molecule has 1 aromatic rings. The minimum Gasteiger partial charge on any atom is -0.480 e. The van der Waals surface area contributed by atoms with Gasteiger partial charge in [-0.1, -0.05) is 30.3 Å². The van der Waals surface area contributed by atoms with Gasteiger partial charge in [-0.15, -0.1) is 0 Å². The van der Waals surface area contributed by atoms with Crippen LogP contribution < -0.4 is 0 Å². The first-order chi connectivity index (χ1) is 7.53. The van der Waals surface area contributed by atoms with Crippen LogP contribution in [0, 0.1) is 0 Å². The number of carbonyl (C=O) groups is 2. The van der Waals surface area contributed by atoms with E-state index in [2.05, 4.69) is 0 Å². The van der Waals surface area contributed by atoms with Crippen molar-refractivity contribution in [2.45, 2.75) is 19.3 Å². The van der Waals surface area contributed by atoms with Crippen molar-refractivity contribution in [3.05, 3.63) is 35.9 Å². The maximum absolute atomic E-state index is 11.7. The van der Waals surface area contributed by atoms with Crippen molar-refractivity contribution in [1.82, 2.24) is 0 Å². The highest BCUT2D eigenvalue weighted by atomic mass is 16.5. The molecule has 0 heterocycles. The van der Waals surface area contributed by atoms with Gasteiger partial charge in [0.2, 0.25) is 0 Å². The molecular weight excluding hydrogens is 208 g/mol. The molecule has 1 unspecified atom stereocenters. The largest absolute Gasteiger partial charge is 0.480 e. The summed E-state index contributed by atoms with van der Waals surface area (Å²) in [6, 6.07) is 8.35. The Morgan fingerprint density at radius 2 is 1.88 bits per heavy atom. The molecule has 1 atom stereocenters. The highest BCUT2D eigenvalue weighted by Gasteiger charge is 2.44. The molecule has 0 fully saturated rings. The van der Waals surface area contributed by atoms with Crippen LogP contribution >= 0.6 is 0 Å². The summed E-state index contributed by atoms with van der Waals surface area (Å²) in [7, 11) is 0. The molecule has 86 valence electrons. The molecule has 4 nitrogen and oxygen atoms in total. The monoisotopic (exact) mass is 222 g/mol. The predicted molar refractivity (Wildman–Crippen MR) is 58.1 cm³/mol. The van der Waals surface area contributed by atoms with Crippen LogP contribution in [0.1, 0.15) is 19.4 Å². The minimum atomic E-state index is -1.64. The predicted octanol–water partition coefficient (Wildman–Crippen LogP) is 1.59. The van der Waals surface area contributed by atoms with Crippen molar-refractivity contribution < 1.29 is 19.4 Å². The molecular formula is C12H14O4. The Morgan fingerprint density at radius 3 is 2.31 bits per heavy atom. The lowest BCUT2D eigenvalue weighted by Crippen LogP contribution is -2.42. The summed E-state index contributed by atoms with van der Waals surface area (Å²) >= 11 is 0. The van der Waals surface area contributed by atoms with E-state index in [0.29, 0.717) is 5.56 Å². The zero-order valence-corrected chi connectivity index (χ0v) is 9.27. The summed E-state index contributed by atoms with van der Waals surface area (Å²) in [6.45, 7) is 3.16. The number of carboxylic acids is 1. The van der Waals surface area contributed by atoms with Gasteiger partial charge in [0.05, 0.1) is 6.61 Å². The first kappa shape index (κ1) is 12.2. The van der Waals surface area contributed by atoms with Crippen LogP contribution in [0.4, 0.5) is 0 Å². The number of hydrogen-bond donors (Lipinski definition) is 1. The highest BCUT2D eigenvalue weighted by Crippen LogP contribution is 2.25.